The molecule has 0 spiro atoms. The summed E-state index contributed by atoms with van der Waals surface area (Å²) < 4.78 is 4.93. The molecule has 0 saturated carbocycles. The summed E-state index contributed by atoms with van der Waals surface area (Å²) >= 11 is 0. The van der Waals surface area contributed by atoms with Gasteiger partial charge < -0.3 is 15.4 Å². The van der Waals surface area contributed by atoms with Crippen LogP contribution in [0, 0.1) is 0 Å². The number of benzene rings is 1. The molecule has 1 amide bonds. The van der Waals surface area contributed by atoms with E-state index in [1.54, 1.807) is 6.92 Å². The molecule has 108 valence electrons. The summed E-state index contributed by atoms with van der Waals surface area (Å²) in [7, 11) is 0. The maximum absolute atomic E-state index is 11.9. The zero-order valence-electron chi connectivity index (χ0n) is 11.6. The number of carbonyl (C=O) groups excluding carboxylic acids is 2. The first-order chi connectivity index (χ1) is 9.69. The minimum Gasteiger partial charge on any atom is -0.466 e. The first kappa shape index (κ1) is 14.5. The van der Waals surface area contributed by atoms with Gasteiger partial charge in [-0.15, -0.1) is 0 Å². The topological polar surface area (TPSA) is 67.4 Å². The number of nitrogens with one attached hydrogen (secondary N) is 2. The second-order valence-electron chi connectivity index (χ2n) is 4.86. The molecule has 2 N–H and O–H groups in total. The lowest BCUT2D eigenvalue weighted by molar-refractivity contribution is -0.144. The lowest BCUT2D eigenvalue weighted by atomic mass is 10.0. The number of rotatable bonds is 5. The molecule has 1 aromatic rings. The van der Waals surface area contributed by atoms with Crippen molar-refractivity contribution >= 4 is 11.9 Å². The predicted octanol–water partition coefficient (Wildman–Crippen LogP) is 0.639. The number of ether oxygens (including phenoxy) is 1. The molecule has 1 heterocycles. The smallest absolute Gasteiger partial charge is 0.307 e. The third-order valence-corrected chi connectivity index (χ3v) is 3.28. The molecule has 2 atom stereocenters. The van der Waals surface area contributed by atoms with Crippen molar-refractivity contribution in [3.05, 3.63) is 35.9 Å². The predicted molar refractivity (Wildman–Crippen MR) is 75.1 cm³/mol. The van der Waals surface area contributed by atoms with E-state index in [2.05, 4.69) is 10.6 Å². The zero-order chi connectivity index (χ0) is 14.4. The van der Waals surface area contributed by atoms with Crippen molar-refractivity contribution in [3.8, 4) is 0 Å². The van der Waals surface area contributed by atoms with E-state index in [-0.39, 0.29) is 30.4 Å². The highest BCUT2D eigenvalue weighted by atomic mass is 16.5. The van der Waals surface area contributed by atoms with E-state index in [1.807, 2.05) is 30.3 Å². The van der Waals surface area contributed by atoms with Gasteiger partial charge in [-0.2, -0.15) is 0 Å². The maximum Gasteiger partial charge on any atom is 0.307 e. The van der Waals surface area contributed by atoms with Crippen molar-refractivity contribution in [1.29, 1.82) is 0 Å². The molecule has 1 fully saturated rings. The zero-order valence-corrected chi connectivity index (χ0v) is 11.6. The van der Waals surface area contributed by atoms with Crippen LogP contribution in [0.3, 0.4) is 0 Å². The van der Waals surface area contributed by atoms with E-state index in [4.69, 9.17) is 4.74 Å². The van der Waals surface area contributed by atoms with E-state index < -0.39 is 0 Å². The fraction of sp³-hybridized carbons (Fsp3) is 0.467. The molecule has 0 bridgehead atoms. The molecule has 2 rings (SSSR count). The maximum atomic E-state index is 11.9. The van der Waals surface area contributed by atoms with Gasteiger partial charge in [0.2, 0.25) is 5.91 Å². The van der Waals surface area contributed by atoms with Crippen LogP contribution in [0.1, 0.15) is 18.9 Å². The summed E-state index contributed by atoms with van der Waals surface area (Å²) in [6.45, 7) is 2.63. The number of amides is 1. The van der Waals surface area contributed by atoms with Crippen molar-refractivity contribution in [3.63, 3.8) is 0 Å². The van der Waals surface area contributed by atoms with Gasteiger partial charge in [-0.05, 0) is 18.9 Å². The van der Waals surface area contributed by atoms with Gasteiger partial charge in [0, 0.05) is 12.6 Å². The minimum atomic E-state index is -0.300. The van der Waals surface area contributed by atoms with E-state index in [0.717, 1.165) is 5.56 Å². The third-order valence-electron chi connectivity index (χ3n) is 3.28. The Balaban J connectivity index is 1.91. The van der Waals surface area contributed by atoms with Crippen molar-refractivity contribution in [2.45, 2.75) is 31.8 Å². The Morgan fingerprint density at radius 2 is 2.10 bits per heavy atom. The Kier molecular flexibility index (Phi) is 5.12. The summed E-state index contributed by atoms with van der Waals surface area (Å²) in [6, 6.07) is 9.46. The minimum absolute atomic E-state index is 0.0195. The summed E-state index contributed by atoms with van der Waals surface area (Å²) in [5, 5.41) is 6.07. The summed E-state index contributed by atoms with van der Waals surface area (Å²) in [5.74, 6) is -0.256. The molecule has 1 aromatic carbocycles. The Morgan fingerprint density at radius 3 is 2.80 bits per heavy atom. The first-order valence-electron chi connectivity index (χ1n) is 6.92. The molecule has 1 aliphatic rings. The lowest BCUT2D eigenvalue weighted by Crippen LogP contribution is -2.59. The van der Waals surface area contributed by atoms with Crippen LogP contribution in [0.15, 0.2) is 30.3 Å². The number of hydrogen-bond acceptors (Lipinski definition) is 4. The lowest BCUT2D eigenvalue weighted by Gasteiger charge is -2.30. The quantitative estimate of drug-likeness (QED) is 0.775. The molecule has 20 heavy (non-hydrogen) atoms. The molecule has 5 nitrogen and oxygen atoms in total. The van der Waals surface area contributed by atoms with Crippen molar-refractivity contribution in [2.75, 3.05) is 13.2 Å². The SMILES string of the molecule is CCOC(=O)C[C@H]1CNC(=O)[C@H](Cc2ccccc2)N1. The summed E-state index contributed by atoms with van der Waals surface area (Å²) in [4.78, 5) is 23.3. The van der Waals surface area contributed by atoms with Crippen molar-refractivity contribution in [1.82, 2.24) is 10.6 Å². The van der Waals surface area contributed by atoms with Crippen molar-refractivity contribution in [2.24, 2.45) is 0 Å². The second-order valence-corrected chi connectivity index (χ2v) is 4.86. The molecule has 5 heteroatoms. The van der Waals surface area contributed by atoms with Gasteiger partial charge in [0.1, 0.15) is 0 Å². The molecule has 1 saturated heterocycles. The van der Waals surface area contributed by atoms with Gasteiger partial charge in [-0.3, -0.25) is 9.59 Å². The van der Waals surface area contributed by atoms with E-state index >= 15 is 0 Å². The highest BCUT2D eigenvalue weighted by Gasteiger charge is 2.29. The molecular weight excluding hydrogens is 256 g/mol. The normalized spacial score (nSPS) is 22.1. The molecule has 0 radical (unpaired) electrons. The van der Waals surface area contributed by atoms with Crippen LogP contribution in [-0.4, -0.2) is 37.1 Å². The number of esters is 1. The highest BCUT2D eigenvalue weighted by Crippen LogP contribution is 2.08. The van der Waals surface area contributed by atoms with Crippen LogP contribution in [-0.2, 0) is 20.7 Å². The summed E-state index contributed by atoms with van der Waals surface area (Å²) in [6.07, 6.45) is 0.894. The molecule has 0 unspecified atom stereocenters. The van der Waals surface area contributed by atoms with Crippen LogP contribution in [0.25, 0.3) is 0 Å². The van der Waals surface area contributed by atoms with Crippen LogP contribution in [0.2, 0.25) is 0 Å². The molecular formula is C15H20N2O3. The molecule has 0 aliphatic carbocycles. The van der Waals surface area contributed by atoms with Crippen LogP contribution >= 0.6 is 0 Å². The Bertz CT molecular complexity index is 461. The van der Waals surface area contributed by atoms with Crippen LogP contribution in [0.4, 0.5) is 0 Å². The first-order valence-corrected chi connectivity index (χ1v) is 6.92. The molecule has 1 aliphatic heterocycles. The van der Waals surface area contributed by atoms with Gasteiger partial charge in [0.05, 0.1) is 19.1 Å². The van der Waals surface area contributed by atoms with Gasteiger partial charge in [0.25, 0.3) is 0 Å². The molecule has 0 aromatic heterocycles. The van der Waals surface area contributed by atoms with Crippen molar-refractivity contribution < 1.29 is 14.3 Å². The second kappa shape index (κ2) is 7.05. The summed E-state index contributed by atoms with van der Waals surface area (Å²) in [5.41, 5.74) is 1.09. The Labute approximate surface area is 118 Å². The fourth-order valence-corrected chi connectivity index (χ4v) is 2.32. The average molecular weight is 276 g/mol. The van der Waals surface area contributed by atoms with Gasteiger partial charge >= 0.3 is 5.97 Å². The Hall–Kier alpha value is -1.88. The van der Waals surface area contributed by atoms with Gasteiger partial charge in [0.15, 0.2) is 0 Å². The standard InChI is InChI=1S/C15H20N2O3/c1-2-20-14(18)9-12-10-16-15(19)13(17-12)8-11-6-4-3-5-7-11/h3-7,12-13,17H,2,8-10H2,1H3,(H,16,19)/t12-,13-/m0/s1. The van der Waals surface area contributed by atoms with Crippen LogP contribution < -0.4 is 10.6 Å². The van der Waals surface area contributed by atoms with Gasteiger partial charge in [-0.25, -0.2) is 0 Å². The van der Waals surface area contributed by atoms with Gasteiger partial charge in [-0.1, -0.05) is 30.3 Å². The van der Waals surface area contributed by atoms with E-state index in [9.17, 15) is 9.59 Å². The number of carbonyl (C=O) groups is 2. The average Bonchev–Trinajstić information content (AvgIpc) is 2.44. The highest BCUT2D eigenvalue weighted by molar-refractivity contribution is 5.83. The van der Waals surface area contributed by atoms with E-state index in [1.165, 1.54) is 0 Å². The number of hydrogen-bond donors (Lipinski definition) is 2. The fourth-order valence-electron chi connectivity index (χ4n) is 2.32. The monoisotopic (exact) mass is 276 g/mol. The van der Waals surface area contributed by atoms with E-state index in [0.29, 0.717) is 19.6 Å². The van der Waals surface area contributed by atoms with Crippen LogP contribution in [0.5, 0.6) is 0 Å². The number of piperazine rings is 1. The largest absolute Gasteiger partial charge is 0.466 e. The third kappa shape index (κ3) is 4.06. The Morgan fingerprint density at radius 1 is 1.35 bits per heavy atom.